The Morgan fingerprint density at radius 1 is 1.14 bits per heavy atom. The molecular formula is C18H14Cl3N3O3S. The van der Waals surface area contributed by atoms with E-state index in [0.29, 0.717) is 20.6 Å². The molecule has 6 nitrogen and oxygen atoms in total. The van der Waals surface area contributed by atoms with Crippen molar-refractivity contribution in [1.29, 1.82) is 0 Å². The third kappa shape index (κ3) is 3.42. The van der Waals surface area contributed by atoms with E-state index in [-0.39, 0.29) is 11.7 Å². The van der Waals surface area contributed by atoms with Crippen LogP contribution < -0.4 is 0 Å². The van der Waals surface area contributed by atoms with Gasteiger partial charge in [0.15, 0.2) is 0 Å². The van der Waals surface area contributed by atoms with Crippen LogP contribution in [0.1, 0.15) is 17.2 Å². The van der Waals surface area contributed by atoms with Gasteiger partial charge >= 0.3 is 0 Å². The molecule has 1 aromatic heterocycles. The lowest BCUT2D eigenvalue weighted by atomic mass is 9.91. The summed E-state index contributed by atoms with van der Waals surface area (Å²) in [6.07, 6.45) is 1.83. The first kappa shape index (κ1) is 19.7. The van der Waals surface area contributed by atoms with E-state index >= 15 is 0 Å². The minimum Gasteiger partial charge on any atom is -0.354 e. The first-order chi connectivity index (χ1) is 13.2. The lowest BCUT2D eigenvalue weighted by molar-refractivity contribution is 0.256. The standard InChI is InChI=1S/C18H14Cl3N3O3S/c1-28(25,26)17-22-10-23-24(17)9-18(13-4-2-3-5-14(13)20)16(27-18)12-7-6-11(19)8-15(12)21/h2-8,10,16H,9H2,1H3/t16-,18-/m1/s1. The van der Waals surface area contributed by atoms with Crippen molar-refractivity contribution in [2.75, 3.05) is 6.26 Å². The molecule has 1 saturated heterocycles. The molecule has 0 saturated carbocycles. The average molecular weight is 459 g/mol. The predicted octanol–water partition coefficient (Wildman–Crippen LogP) is 4.31. The van der Waals surface area contributed by atoms with Crippen molar-refractivity contribution >= 4 is 44.6 Å². The number of sulfone groups is 1. The zero-order chi connectivity index (χ0) is 20.1. The van der Waals surface area contributed by atoms with Crippen molar-refractivity contribution in [2.24, 2.45) is 0 Å². The molecule has 146 valence electrons. The maximum absolute atomic E-state index is 12.0. The van der Waals surface area contributed by atoms with E-state index in [1.54, 1.807) is 24.3 Å². The monoisotopic (exact) mass is 457 g/mol. The summed E-state index contributed by atoms with van der Waals surface area (Å²) in [4.78, 5) is 3.87. The van der Waals surface area contributed by atoms with Gasteiger partial charge in [0.1, 0.15) is 18.0 Å². The van der Waals surface area contributed by atoms with E-state index in [1.807, 2.05) is 18.2 Å². The molecule has 4 rings (SSSR count). The van der Waals surface area contributed by atoms with Gasteiger partial charge in [0.2, 0.25) is 15.0 Å². The number of aromatic nitrogens is 3. The Morgan fingerprint density at radius 2 is 1.89 bits per heavy atom. The van der Waals surface area contributed by atoms with Crippen molar-refractivity contribution in [3.63, 3.8) is 0 Å². The van der Waals surface area contributed by atoms with Gasteiger partial charge in [-0.15, -0.1) is 0 Å². The minimum atomic E-state index is -3.57. The van der Waals surface area contributed by atoms with Crippen molar-refractivity contribution < 1.29 is 13.2 Å². The molecule has 0 bridgehead atoms. The third-order valence-electron chi connectivity index (χ3n) is 4.57. The van der Waals surface area contributed by atoms with Crippen LogP contribution >= 0.6 is 34.8 Å². The summed E-state index contributed by atoms with van der Waals surface area (Å²) in [5.74, 6) is 0. The highest BCUT2D eigenvalue weighted by Crippen LogP contribution is 2.60. The molecule has 0 amide bonds. The molecule has 28 heavy (non-hydrogen) atoms. The summed E-state index contributed by atoms with van der Waals surface area (Å²) in [6, 6.07) is 12.4. The number of benzene rings is 2. The van der Waals surface area contributed by atoms with Crippen LogP contribution in [0.25, 0.3) is 0 Å². The Labute approximate surface area is 176 Å². The molecule has 0 radical (unpaired) electrons. The van der Waals surface area contributed by atoms with Crippen LogP contribution in [0.15, 0.2) is 53.9 Å². The van der Waals surface area contributed by atoms with Crippen LogP contribution in [0.2, 0.25) is 15.1 Å². The van der Waals surface area contributed by atoms with E-state index in [1.165, 1.54) is 11.0 Å². The molecule has 1 aliphatic rings. The third-order valence-corrected chi connectivity index (χ3v) is 6.44. The van der Waals surface area contributed by atoms with Gasteiger partial charge in [-0.1, -0.05) is 59.1 Å². The molecule has 10 heteroatoms. The number of hydrogen-bond acceptors (Lipinski definition) is 5. The number of hydrogen-bond donors (Lipinski definition) is 0. The largest absolute Gasteiger partial charge is 0.354 e. The van der Waals surface area contributed by atoms with Gasteiger partial charge in [0.25, 0.3) is 0 Å². The highest BCUT2D eigenvalue weighted by atomic mass is 35.5. The van der Waals surface area contributed by atoms with Crippen LogP contribution in [0.5, 0.6) is 0 Å². The first-order valence-corrected chi connectivity index (χ1v) is 11.2. The number of nitrogens with zero attached hydrogens (tertiary/aromatic N) is 3. The van der Waals surface area contributed by atoms with E-state index in [2.05, 4.69) is 10.1 Å². The second-order valence-electron chi connectivity index (χ2n) is 6.51. The fourth-order valence-electron chi connectivity index (χ4n) is 3.29. The van der Waals surface area contributed by atoms with Crippen molar-refractivity contribution in [3.8, 4) is 0 Å². The van der Waals surface area contributed by atoms with Gasteiger partial charge < -0.3 is 4.74 Å². The highest BCUT2D eigenvalue weighted by molar-refractivity contribution is 7.90. The zero-order valence-corrected chi connectivity index (χ0v) is 17.6. The van der Waals surface area contributed by atoms with Crippen LogP contribution in [0, 0.1) is 0 Å². The fraction of sp³-hybridized carbons (Fsp3) is 0.222. The highest BCUT2D eigenvalue weighted by Gasteiger charge is 2.60. The summed E-state index contributed by atoms with van der Waals surface area (Å²) in [7, 11) is -3.57. The van der Waals surface area contributed by atoms with Gasteiger partial charge in [-0.05, 0) is 18.2 Å². The van der Waals surface area contributed by atoms with E-state index < -0.39 is 21.5 Å². The van der Waals surface area contributed by atoms with Crippen molar-refractivity contribution in [3.05, 3.63) is 75.0 Å². The topological polar surface area (TPSA) is 77.4 Å². The number of rotatable bonds is 5. The van der Waals surface area contributed by atoms with Crippen molar-refractivity contribution in [2.45, 2.75) is 23.4 Å². The summed E-state index contributed by atoms with van der Waals surface area (Å²) in [5, 5.41) is 5.39. The molecular weight excluding hydrogens is 445 g/mol. The quantitative estimate of drug-likeness (QED) is 0.532. The number of halogens is 3. The molecule has 2 aromatic carbocycles. The Kier molecular flexibility index (Phi) is 4.92. The Balaban J connectivity index is 1.82. The van der Waals surface area contributed by atoms with E-state index in [4.69, 9.17) is 39.5 Å². The smallest absolute Gasteiger partial charge is 0.245 e. The molecule has 2 atom stereocenters. The first-order valence-electron chi connectivity index (χ1n) is 8.18. The second kappa shape index (κ2) is 7.00. The van der Waals surface area contributed by atoms with Gasteiger partial charge in [-0.3, -0.25) is 0 Å². The predicted molar refractivity (Wildman–Crippen MR) is 107 cm³/mol. The van der Waals surface area contributed by atoms with Gasteiger partial charge in [-0.2, -0.15) is 5.10 Å². The maximum Gasteiger partial charge on any atom is 0.245 e. The molecule has 3 aromatic rings. The molecule has 0 unspecified atom stereocenters. The van der Waals surface area contributed by atoms with Crippen LogP contribution in [-0.4, -0.2) is 29.4 Å². The normalized spacial score (nSPS) is 21.6. The molecule has 0 spiro atoms. The summed E-state index contributed by atoms with van der Waals surface area (Å²) in [5.41, 5.74) is 0.498. The van der Waals surface area contributed by atoms with Crippen LogP contribution in [0.4, 0.5) is 0 Å². The number of epoxide rings is 1. The maximum atomic E-state index is 12.0. The zero-order valence-electron chi connectivity index (χ0n) is 14.5. The average Bonchev–Trinajstić information content (AvgIpc) is 3.10. The summed E-state index contributed by atoms with van der Waals surface area (Å²) in [6.45, 7) is 0.1000. The van der Waals surface area contributed by atoms with Gasteiger partial charge in [-0.25, -0.2) is 18.1 Å². The Hall–Kier alpha value is -1.64. The van der Waals surface area contributed by atoms with E-state index in [0.717, 1.165) is 11.8 Å². The molecule has 1 aliphatic heterocycles. The SMILES string of the molecule is CS(=O)(=O)c1ncnn1C[C@]1(c2ccccc2Cl)O[C@@H]1c1ccc(Cl)cc1Cl. The second-order valence-corrected chi connectivity index (χ2v) is 9.67. The summed E-state index contributed by atoms with van der Waals surface area (Å²) >= 11 is 18.8. The van der Waals surface area contributed by atoms with Gasteiger partial charge in [0, 0.05) is 32.5 Å². The van der Waals surface area contributed by atoms with Gasteiger partial charge in [0.05, 0.1) is 6.54 Å². The molecule has 0 N–H and O–H groups in total. The lowest BCUT2D eigenvalue weighted by Crippen LogP contribution is -2.23. The summed E-state index contributed by atoms with van der Waals surface area (Å²) < 4.78 is 31.5. The van der Waals surface area contributed by atoms with E-state index in [9.17, 15) is 8.42 Å². The van der Waals surface area contributed by atoms with Crippen LogP contribution in [-0.2, 0) is 26.7 Å². The Bertz CT molecular complexity index is 1170. The lowest BCUT2D eigenvalue weighted by Gasteiger charge is -2.17. The van der Waals surface area contributed by atoms with Crippen molar-refractivity contribution in [1.82, 2.24) is 14.8 Å². The Morgan fingerprint density at radius 3 is 2.57 bits per heavy atom. The molecule has 0 aliphatic carbocycles. The molecule has 2 heterocycles. The molecule has 1 fully saturated rings. The minimum absolute atomic E-state index is 0.1000. The fourth-order valence-corrected chi connectivity index (χ4v) is 4.83. The number of ether oxygens (including phenoxy) is 1. The van der Waals surface area contributed by atoms with Crippen LogP contribution in [0.3, 0.4) is 0 Å².